The lowest BCUT2D eigenvalue weighted by Gasteiger charge is -2.27. The Kier molecular flexibility index (Phi) is 5.83. The Balaban J connectivity index is 1.54. The van der Waals surface area contributed by atoms with E-state index < -0.39 is 5.25 Å². The number of benzene rings is 1. The van der Waals surface area contributed by atoms with Gasteiger partial charge in [0.1, 0.15) is 5.25 Å². The van der Waals surface area contributed by atoms with Crippen molar-refractivity contribution in [3.05, 3.63) is 35.4 Å². The van der Waals surface area contributed by atoms with Crippen LogP contribution in [0.3, 0.4) is 0 Å². The van der Waals surface area contributed by atoms with E-state index in [2.05, 4.69) is 15.5 Å². The largest absolute Gasteiger partial charge is 0.378 e. The first-order chi connectivity index (χ1) is 12.1. The number of nitrogens with one attached hydrogen (secondary N) is 1. The van der Waals surface area contributed by atoms with E-state index in [0.29, 0.717) is 31.5 Å². The standard InChI is InChI=1S/C17H20N4O3S/c1-12-2-4-13(5-3-12)11-18-20-17-19-16(23)14(25-17)10-15(22)21-6-8-24-9-7-21/h2-5,11,14H,6-10H2,1H3,(H,19,20,23). The van der Waals surface area contributed by atoms with Crippen LogP contribution in [0.4, 0.5) is 0 Å². The Bertz CT molecular complexity index is 696. The van der Waals surface area contributed by atoms with E-state index in [1.54, 1.807) is 11.1 Å². The number of carbonyl (C=O) groups excluding carboxylic acids is 2. The van der Waals surface area contributed by atoms with Crippen LogP contribution in [0, 0.1) is 6.92 Å². The molecule has 8 heteroatoms. The predicted octanol–water partition coefficient (Wildman–Crippen LogP) is 1.17. The molecule has 2 aliphatic heterocycles. The molecular formula is C17H20N4O3S. The zero-order valence-corrected chi connectivity index (χ0v) is 14.8. The fraction of sp³-hybridized carbons (Fsp3) is 0.412. The third kappa shape index (κ3) is 4.90. The Labute approximate surface area is 150 Å². The summed E-state index contributed by atoms with van der Waals surface area (Å²) in [5, 5.41) is 10.7. The molecule has 1 N–H and O–H groups in total. The molecule has 1 aromatic carbocycles. The van der Waals surface area contributed by atoms with Gasteiger partial charge in [0.2, 0.25) is 11.8 Å². The van der Waals surface area contributed by atoms with Gasteiger partial charge in [0.15, 0.2) is 5.17 Å². The molecule has 1 atom stereocenters. The van der Waals surface area contributed by atoms with Gasteiger partial charge < -0.3 is 15.0 Å². The molecule has 0 aliphatic carbocycles. The Morgan fingerprint density at radius 3 is 2.80 bits per heavy atom. The van der Waals surface area contributed by atoms with Gasteiger partial charge in [0.05, 0.1) is 19.4 Å². The first kappa shape index (κ1) is 17.6. The SMILES string of the molecule is Cc1ccc(C=N/N=C2/NC(=O)C(CC(=O)N3CCOCC3)S2)cc1. The molecular weight excluding hydrogens is 340 g/mol. The highest BCUT2D eigenvalue weighted by Gasteiger charge is 2.33. The summed E-state index contributed by atoms with van der Waals surface area (Å²) in [5.74, 6) is -0.226. The minimum Gasteiger partial charge on any atom is -0.378 e. The Hall–Kier alpha value is -2.19. The highest BCUT2D eigenvalue weighted by atomic mass is 32.2. The fourth-order valence-corrected chi connectivity index (χ4v) is 3.40. The van der Waals surface area contributed by atoms with Crippen LogP contribution in [0.15, 0.2) is 34.5 Å². The van der Waals surface area contributed by atoms with Crippen LogP contribution < -0.4 is 5.32 Å². The highest BCUT2D eigenvalue weighted by Crippen LogP contribution is 2.23. The Morgan fingerprint density at radius 2 is 2.08 bits per heavy atom. The van der Waals surface area contributed by atoms with Gasteiger partial charge in [-0.3, -0.25) is 9.59 Å². The molecule has 2 saturated heterocycles. The molecule has 0 aromatic heterocycles. The second-order valence-electron chi connectivity index (χ2n) is 5.85. The third-order valence-corrected chi connectivity index (χ3v) is 5.01. The van der Waals surface area contributed by atoms with Gasteiger partial charge in [-0.15, -0.1) is 5.10 Å². The first-order valence-electron chi connectivity index (χ1n) is 8.12. The quantitative estimate of drug-likeness (QED) is 0.645. The summed E-state index contributed by atoms with van der Waals surface area (Å²) in [5.41, 5.74) is 2.11. The molecule has 1 aromatic rings. The summed E-state index contributed by atoms with van der Waals surface area (Å²) in [6.07, 6.45) is 1.79. The van der Waals surface area contributed by atoms with Crippen molar-refractivity contribution < 1.29 is 14.3 Å². The van der Waals surface area contributed by atoms with Crippen LogP contribution in [-0.4, -0.2) is 59.6 Å². The zero-order chi connectivity index (χ0) is 17.6. The van der Waals surface area contributed by atoms with E-state index in [1.807, 2.05) is 31.2 Å². The molecule has 2 heterocycles. The number of rotatable bonds is 4. The lowest BCUT2D eigenvalue weighted by Crippen LogP contribution is -2.42. The number of ether oxygens (including phenoxy) is 1. The minimum atomic E-state index is -0.455. The van der Waals surface area contributed by atoms with Gasteiger partial charge in [-0.25, -0.2) is 0 Å². The fourth-order valence-electron chi connectivity index (χ4n) is 2.49. The topological polar surface area (TPSA) is 83.4 Å². The highest BCUT2D eigenvalue weighted by molar-refractivity contribution is 8.15. The second kappa shape index (κ2) is 8.26. The number of carbonyl (C=O) groups is 2. The first-order valence-corrected chi connectivity index (χ1v) is 9.00. The minimum absolute atomic E-state index is 0.0274. The maximum atomic E-state index is 12.2. The van der Waals surface area contributed by atoms with E-state index in [4.69, 9.17) is 4.74 Å². The van der Waals surface area contributed by atoms with E-state index in [-0.39, 0.29) is 18.2 Å². The number of amides is 2. The number of amidine groups is 1. The summed E-state index contributed by atoms with van der Waals surface area (Å²) in [4.78, 5) is 26.0. The molecule has 7 nitrogen and oxygen atoms in total. The molecule has 2 fully saturated rings. The van der Waals surface area contributed by atoms with E-state index >= 15 is 0 Å². The molecule has 1 unspecified atom stereocenters. The van der Waals surface area contributed by atoms with Gasteiger partial charge in [-0.1, -0.05) is 41.6 Å². The number of hydrogen-bond donors (Lipinski definition) is 1. The van der Waals surface area contributed by atoms with Crippen molar-refractivity contribution in [2.45, 2.75) is 18.6 Å². The summed E-state index contributed by atoms with van der Waals surface area (Å²) >= 11 is 1.25. The average Bonchev–Trinajstić information content (AvgIpc) is 2.97. The van der Waals surface area contributed by atoms with Crippen LogP contribution in [0.1, 0.15) is 17.5 Å². The summed E-state index contributed by atoms with van der Waals surface area (Å²) in [6, 6.07) is 7.88. The van der Waals surface area contributed by atoms with E-state index in [0.717, 1.165) is 5.56 Å². The van der Waals surface area contributed by atoms with Crippen LogP contribution in [0.2, 0.25) is 0 Å². The molecule has 0 bridgehead atoms. The van der Waals surface area contributed by atoms with Gasteiger partial charge in [0, 0.05) is 19.5 Å². The molecule has 0 spiro atoms. The third-order valence-electron chi connectivity index (χ3n) is 3.93. The summed E-state index contributed by atoms with van der Waals surface area (Å²) in [6.45, 7) is 4.29. The average molecular weight is 360 g/mol. The van der Waals surface area contributed by atoms with Crippen LogP contribution in [0.5, 0.6) is 0 Å². The van der Waals surface area contributed by atoms with Crippen molar-refractivity contribution in [2.75, 3.05) is 26.3 Å². The second-order valence-corrected chi connectivity index (χ2v) is 7.04. The molecule has 25 heavy (non-hydrogen) atoms. The van der Waals surface area contributed by atoms with Crippen LogP contribution in [0.25, 0.3) is 0 Å². The van der Waals surface area contributed by atoms with Gasteiger partial charge in [-0.2, -0.15) is 5.10 Å². The van der Waals surface area contributed by atoms with E-state index in [1.165, 1.54) is 17.3 Å². The number of thioether (sulfide) groups is 1. The normalized spacial score (nSPS) is 22.6. The lowest BCUT2D eigenvalue weighted by atomic mass is 10.2. The van der Waals surface area contributed by atoms with Crippen molar-refractivity contribution in [3.8, 4) is 0 Å². The molecule has 0 radical (unpaired) electrons. The van der Waals surface area contributed by atoms with Crippen molar-refractivity contribution in [2.24, 2.45) is 10.2 Å². The smallest absolute Gasteiger partial charge is 0.240 e. The van der Waals surface area contributed by atoms with Crippen LogP contribution in [-0.2, 0) is 14.3 Å². The molecule has 2 amide bonds. The van der Waals surface area contributed by atoms with Crippen LogP contribution >= 0.6 is 11.8 Å². The van der Waals surface area contributed by atoms with Gasteiger partial charge in [0.25, 0.3) is 0 Å². The maximum absolute atomic E-state index is 12.2. The number of morpholine rings is 1. The zero-order valence-electron chi connectivity index (χ0n) is 14.0. The lowest BCUT2D eigenvalue weighted by molar-refractivity contribution is -0.136. The summed E-state index contributed by atoms with van der Waals surface area (Å²) in [7, 11) is 0. The van der Waals surface area contributed by atoms with Crippen molar-refractivity contribution in [3.63, 3.8) is 0 Å². The maximum Gasteiger partial charge on any atom is 0.240 e. The Morgan fingerprint density at radius 1 is 1.36 bits per heavy atom. The summed E-state index contributed by atoms with van der Waals surface area (Å²) < 4.78 is 5.23. The monoisotopic (exact) mass is 360 g/mol. The number of aryl methyl sites for hydroxylation is 1. The number of nitrogens with zero attached hydrogens (tertiary/aromatic N) is 3. The van der Waals surface area contributed by atoms with Gasteiger partial charge >= 0.3 is 0 Å². The predicted molar refractivity (Wildman–Crippen MR) is 97.7 cm³/mol. The number of hydrogen-bond acceptors (Lipinski definition) is 6. The van der Waals surface area contributed by atoms with Crippen molar-refractivity contribution in [1.29, 1.82) is 0 Å². The molecule has 2 aliphatic rings. The molecule has 132 valence electrons. The van der Waals surface area contributed by atoms with E-state index in [9.17, 15) is 9.59 Å². The molecule has 0 saturated carbocycles. The van der Waals surface area contributed by atoms with Crippen molar-refractivity contribution >= 4 is 35.0 Å². The van der Waals surface area contributed by atoms with Gasteiger partial charge in [-0.05, 0) is 12.5 Å². The molecule has 3 rings (SSSR count). The van der Waals surface area contributed by atoms with Crippen molar-refractivity contribution in [1.82, 2.24) is 10.2 Å².